The molecule has 0 N–H and O–H groups in total. The Hall–Kier alpha value is -1.89. The van der Waals surface area contributed by atoms with Crippen LogP contribution in [0.2, 0.25) is 0 Å². The fourth-order valence-electron chi connectivity index (χ4n) is 0.864. The lowest BCUT2D eigenvalue weighted by atomic mass is 10.2. The topological polar surface area (TPSA) is 47.5 Å². The molecule has 0 bridgehead atoms. The number of hydrogen-bond acceptors (Lipinski definition) is 2. The maximum absolute atomic E-state index is 10.4. The van der Waals surface area contributed by atoms with Crippen LogP contribution in [0.5, 0.6) is 0 Å². The summed E-state index contributed by atoms with van der Waals surface area (Å²) < 4.78 is 0. The van der Waals surface area contributed by atoms with Gasteiger partial charge < -0.3 is 0 Å². The summed E-state index contributed by atoms with van der Waals surface area (Å²) in [5.74, 6) is 0. The molecule has 0 saturated carbocycles. The number of aryl methyl sites for hydroxylation is 1. The Morgan fingerprint density at radius 1 is 1.43 bits per heavy atom. The van der Waals surface area contributed by atoms with Crippen molar-refractivity contribution >= 4 is 11.4 Å². The molecule has 0 radical (unpaired) electrons. The fraction of sp³-hybridized carbons (Fsp3) is 0.300. The van der Waals surface area contributed by atoms with Crippen molar-refractivity contribution in [2.75, 3.05) is 0 Å². The molecule has 1 rings (SSSR count). The molecule has 4 heteroatoms. The van der Waals surface area contributed by atoms with Crippen LogP contribution in [0.3, 0.4) is 0 Å². The van der Waals surface area contributed by atoms with Gasteiger partial charge in [0.15, 0.2) is 5.69 Å². The van der Waals surface area contributed by atoms with E-state index >= 15 is 0 Å². The summed E-state index contributed by atoms with van der Waals surface area (Å²) in [5, 5.41) is 10.4. The molecule has 1 aromatic carbocycles. The van der Waals surface area contributed by atoms with Gasteiger partial charge in [-0.25, -0.2) is 4.85 Å². The van der Waals surface area contributed by atoms with Crippen molar-refractivity contribution in [1.29, 1.82) is 0 Å². The minimum Gasteiger partial charge on any atom is -0.258 e. The molecule has 1 aromatic rings. The van der Waals surface area contributed by atoms with Crippen molar-refractivity contribution in [2.24, 2.45) is 0 Å². The molecule has 0 aliphatic heterocycles. The molecule has 0 spiro atoms. The first-order valence-corrected chi connectivity index (χ1v) is 4.27. The lowest BCUT2D eigenvalue weighted by Gasteiger charge is -1.95. The predicted octanol–water partition coefficient (Wildman–Crippen LogP) is 3.48. The van der Waals surface area contributed by atoms with E-state index in [4.69, 9.17) is 6.57 Å². The van der Waals surface area contributed by atoms with E-state index in [1.165, 1.54) is 6.07 Å². The van der Waals surface area contributed by atoms with Gasteiger partial charge in [0.05, 0.1) is 11.5 Å². The molecule has 0 fully saturated rings. The molecule has 0 amide bonds. The second-order valence-corrected chi connectivity index (χ2v) is 2.34. The summed E-state index contributed by atoms with van der Waals surface area (Å²) in [7, 11) is 0. The minimum absolute atomic E-state index is 0.00324. The van der Waals surface area contributed by atoms with Gasteiger partial charge in [-0.15, -0.1) is 0 Å². The number of nitro benzene ring substituents is 1. The smallest absolute Gasteiger partial charge is 0.258 e. The van der Waals surface area contributed by atoms with Crippen LogP contribution < -0.4 is 0 Å². The molecule has 0 atom stereocenters. The van der Waals surface area contributed by atoms with Crippen molar-refractivity contribution in [3.63, 3.8) is 0 Å². The average molecular weight is 192 g/mol. The Balaban J connectivity index is 0.000000791. The second-order valence-electron chi connectivity index (χ2n) is 2.34. The summed E-state index contributed by atoms with van der Waals surface area (Å²) in [4.78, 5) is 13.0. The van der Waals surface area contributed by atoms with Crippen LogP contribution in [0.4, 0.5) is 11.4 Å². The van der Waals surface area contributed by atoms with E-state index in [1.54, 1.807) is 19.1 Å². The first-order valence-electron chi connectivity index (χ1n) is 4.27. The molecule has 0 aliphatic carbocycles. The van der Waals surface area contributed by atoms with Crippen LogP contribution in [-0.2, 0) is 0 Å². The van der Waals surface area contributed by atoms with Crippen molar-refractivity contribution < 1.29 is 4.92 Å². The third-order valence-corrected chi connectivity index (χ3v) is 1.52. The Morgan fingerprint density at radius 3 is 2.43 bits per heavy atom. The Bertz CT molecular complexity index is 367. The monoisotopic (exact) mass is 192 g/mol. The molecule has 4 nitrogen and oxygen atoms in total. The first-order chi connectivity index (χ1) is 6.65. The van der Waals surface area contributed by atoms with E-state index in [9.17, 15) is 10.1 Å². The third kappa shape index (κ3) is 2.87. The molecule has 0 heterocycles. The SMILES string of the molecule is CC.[C-]#[N+]c1ccc(C)c([N+](=O)[O-])c1. The van der Waals surface area contributed by atoms with Crippen LogP contribution in [0, 0.1) is 23.6 Å². The van der Waals surface area contributed by atoms with Crippen LogP contribution >= 0.6 is 0 Å². The van der Waals surface area contributed by atoms with Gasteiger partial charge in [0.25, 0.3) is 5.69 Å². The summed E-state index contributed by atoms with van der Waals surface area (Å²) in [6.07, 6.45) is 0. The highest BCUT2D eigenvalue weighted by Crippen LogP contribution is 2.23. The van der Waals surface area contributed by atoms with Gasteiger partial charge in [0.2, 0.25) is 0 Å². The molecular formula is C10H12N2O2. The maximum Gasteiger partial charge on any atom is 0.262 e. The normalized spacial score (nSPS) is 8.14. The summed E-state index contributed by atoms with van der Waals surface area (Å²) in [6, 6.07) is 4.42. The highest BCUT2D eigenvalue weighted by Gasteiger charge is 2.09. The van der Waals surface area contributed by atoms with E-state index < -0.39 is 4.92 Å². The number of benzene rings is 1. The van der Waals surface area contributed by atoms with Gasteiger partial charge in [-0.2, -0.15) is 0 Å². The fourth-order valence-corrected chi connectivity index (χ4v) is 0.864. The van der Waals surface area contributed by atoms with Gasteiger partial charge >= 0.3 is 0 Å². The number of nitro groups is 1. The van der Waals surface area contributed by atoms with Crippen LogP contribution in [-0.4, -0.2) is 4.92 Å². The summed E-state index contributed by atoms with van der Waals surface area (Å²) in [5.41, 5.74) is 0.878. The summed E-state index contributed by atoms with van der Waals surface area (Å²) >= 11 is 0. The van der Waals surface area contributed by atoms with Crippen molar-refractivity contribution in [3.8, 4) is 0 Å². The highest BCUT2D eigenvalue weighted by atomic mass is 16.6. The molecule has 0 aromatic heterocycles. The number of rotatable bonds is 1. The van der Waals surface area contributed by atoms with Crippen molar-refractivity contribution in [2.45, 2.75) is 20.8 Å². The Kier molecular flexibility index (Phi) is 4.93. The lowest BCUT2D eigenvalue weighted by molar-refractivity contribution is -0.385. The molecule has 0 aliphatic rings. The van der Waals surface area contributed by atoms with E-state index in [0.717, 1.165) is 0 Å². The quantitative estimate of drug-likeness (QED) is 0.388. The Morgan fingerprint density at radius 2 is 2.00 bits per heavy atom. The van der Waals surface area contributed by atoms with Crippen molar-refractivity contribution in [3.05, 3.63) is 45.3 Å². The molecule has 74 valence electrons. The van der Waals surface area contributed by atoms with Gasteiger partial charge in [-0.05, 0) is 6.92 Å². The zero-order valence-corrected chi connectivity index (χ0v) is 8.44. The van der Waals surface area contributed by atoms with Gasteiger partial charge in [-0.3, -0.25) is 10.1 Å². The van der Waals surface area contributed by atoms with Crippen LogP contribution in [0.25, 0.3) is 4.85 Å². The average Bonchev–Trinajstić information content (AvgIpc) is 2.21. The number of hydrogen-bond donors (Lipinski definition) is 0. The van der Waals surface area contributed by atoms with Gasteiger partial charge in [0.1, 0.15) is 0 Å². The van der Waals surface area contributed by atoms with Gasteiger partial charge in [-0.1, -0.05) is 26.0 Å². The number of nitrogens with zero attached hydrogens (tertiary/aromatic N) is 2. The molecular weight excluding hydrogens is 180 g/mol. The third-order valence-electron chi connectivity index (χ3n) is 1.52. The molecule has 0 saturated heterocycles. The predicted molar refractivity (Wildman–Crippen MR) is 55.4 cm³/mol. The minimum atomic E-state index is -0.482. The van der Waals surface area contributed by atoms with E-state index in [0.29, 0.717) is 11.3 Å². The van der Waals surface area contributed by atoms with Crippen LogP contribution in [0.1, 0.15) is 19.4 Å². The van der Waals surface area contributed by atoms with E-state index in [1.807, 2.05) is 13.8 Å². The summed E-state index contributed by atoms with van der Waals surface area (Å²) in [6.45, 7) is 12.3. The lowest BCUT2D eigenvalue weighted by Crippen LogP contribution is -1.90. The van der Waals surface area contributed by atoms with E-state index in [2.05, 4.69) is 4.85 Å². The van der Waals surface area contributed by atoms with Gasteiger partial charge in [0, 0.05) is 11.6 Å². The maximum atomic E-state index is 10.4. The zero-order chi connectivity index (χ0) is 11.1. The van der Waals surface area contributed by atoms with Crippen LogP contribution in [0.15, 0.2) is 18.2 Å². The first kappa shape index (κ1) is 12.1. The largest absolute Gasteiger partial charge is 0.262 e. The Labute approximate surface area is 83.2 Å². The standard InChI is InChI=1S/C8H6N2O2.C2H6/c1-6-3-4-7(9-2)5-8(6)10(11)12;1-2/h3-5H,1H3;1-2H3. The zero-order valence-electron chi connectivity index (χ0n) is 8.44. The van der Waals surface area contributed by atoms with E-state index in [-0.39, 0.29) is 5.69 Å². The second kappa shape index (κ2) is 5.70. The van der Waals surface area contributed by atoms with Crippen molar-refractivity contribution in [1.82, 2.24) is 0 Å². The molecule has 14 heavy (non-hydrogen) atoms. The highest BCUT2D eigenvalue weighted by molar-refractivity contribution is 5.55. The molecule has 0 unspecified atom stereocenters.